The Morgan fingerprint density at radius 3 is 2.20 bits per heavy atom. The zero-order chi connectivity index (χ0) is 14.8. The second-order valence-electron chi connectivity index (χ2n) is 5.93. The first-order chi connectivity index (χ1) is 9.35. The molecule has 1 fully saturated rings. The SMILES string of the molecule is CC(C)(O)CN1CCN(C(=O)c2ccc(O)cc2)CC1. The molecule has 1 saturated heterocycles. The summed E-state index contributed by atoms with van der Waals surface area (Å²) in [5.74, 6) is 0.157. The van der Waals surface area contributed by atoms with E-state index in [0.29, 0.717) is 25.2 Å². The van der Waals surface area contributed by atoms with Gasteiger partial charge in [0.1, 0.15) is 5.75 Å². The summed E-state index contributed by atoms with van der Waals surface area (Å²) < 4.78 is 0. The van der Waals surface area contributed by atoms with Crippen LogP contribution >= 0.6 is 0 Å². The molecule has 1 amide bonds. The smallest absolute Gasteiger partial charge is 0.253 e. The lowest BCUT2D eigenvalue weighted by atomic mass is 10.1. The summed E-state index contributed by atoms with van der Waals surface area (Å²) in [6.07, 6.45) is 0. The van der Waals surface area contributed by atoms with E-state index in [9.17, 15) is 15.0 Å². The molecule has 2 N–H and O–H groups in total. The molecule has 1 heterocycles. The van der Waals surface area contributed by atoms with E-state index in [2.05, 4.69) is 4.90 Å². The van der Waals surface area contributed by atoms with Gasteiger partial charge in [0.2, 0.25) is 0 Å². The third kappa shape index (κ3) is 3.95. The number of carbonyl (C=O) groups is 1. The molecule has 5 nitrogen and oxygen atoms in total. The minimum atomic E-state index is -0.705. The third-order valence-corrected chi connectivity index (χ3v) is 3.38. The summed E-state index contributed by atoms with van der Waals surface area (Å²) >= 11 is 0. The Kier molecular flexibility index (Phi) is 4.30. The number of carbonyl (C=O) groups excluding carboxylic acids is 1. The topological polar surface area (TPSA) is 64.0 Å². The van der Waals surface area contributed by atoms with E-state index in [4.69, 9.17) is 0 Å². The summed E-state index contributed by atoms with van der Waals surface area (Å²) in [5, 5.41) is 19.0. The van der Waals surface area contributed by atoms with Crippen molar-refractivity contribution in [2.75, 3.05) is 32.7 Å². The number of hydrogen-bond donors (Lipinski definition) is 2. The van der Waals surface area contributed by atoms with Gasteiger partial charge in [-0.25, -0.2) is 0 Å². The van der Waals surface area contributed by atoms with Crippen molar-refractivity contribution in [2.45, 2.75) is 19.4 Å². The monoisotopic (exact) mass is 278 g/mol. The van der Waals surface area contributed by atoms with Crippen LogP contribution in [-0.2, 0) is 0 Å². The number of piperazine rings is 1. The molecule has 0 unspecified atom stereocenters. The zero-order valence-electron chi connectivity index (χ0n) is 12.0. The maximum atomic E-state index is 12.3. The first-order valence-electron chi connectivity index (χ1n) is 6.88. The molecule has 0 radical (unpaired) electrons. The van der Waals surface area contributed by atoms with Crippen LogP contribution in [0.25, 0.3) is 0 Å². The van der Waals surface area contributed by atoms with E-state index in [1.54, 1.807) is 26.0 Å². The number of nitrogens with zero attached hydrogens (tertiary/aromatic N) is 2. The number of aliphatic hydroxyl groups is 1. The number of amides is 1. The predicted octanol–water partition coefficient (Wildman–Crippen LogP) is 0.921. The largest absolute Gasteiger partial charge is 0.508 e. The van der Waals surface area contributed by atoms with Crippen molar-refractivity contribution in [3.63, 3.8) is 0 Å². The van der Waals surface area contributed by atoms with Gasteiger partial charge in [0.15, 0.2) is 0 Å². The summed E-state index contributed by atoms with van der Waals surface area (Å²) in [6.45, 7) is 7.07. The van der Waals surface area contributed by atoms with Crippen LogP contribution in [0.15, 0.2) is 24.3 Å². The van der Waals surface area contributed by atoms with E-state index in [-0.39, 0.29) is 11.7 Å². The van der Waals surface area contributed by atoms with Gasteiger partial charge in [0.05, 0.1) is 5.60 Å². The van der Waals surface area contributed by atoms with Gasteiger partial charge in [-0.05, 0) is 38.1 Å². The molecule has 0 saturated carbocycles. The van der Waals surface area contributed by atoms with Crippen LogP contribution in [0.3, 0.4) is 0 Å². The van der Waals surface area contributed by atoms with Crippen molar-refractivity contribution in [3.8, 4) is 5.75 Å². The molecule has 5 heteroatoms. The molecular weight excluding hydrogens is 256 g/mol. The number of benzene rings is 1. The van der Waals surface area contributed by atoms with E-state index in [1.807, 2.05) is 4.90 Å². The minimum Gasteiger partial charge on any atom is -0.508 e. The zero-order valence-corrected chi connectivity index (χ0v) is 12.0. The van der Waals surface area contributed by atoms with E-state index in [1.165, 1.54) is 12.1 Å². The summed E-state index contributed by atoms with van der Waals surface area (Å²) in [4.78, 5) is 16.3. The molecular formula is C15H22N2O3. The molecule has 2 rings (SSSR count). The van der Waals surface area contributed by atoms with Crippen molar-refractivity contribution >= 4 is 5.91 Å². The summed E-state index contributed by atoms with van der Waals surface area (Å²) in [5.41, 5.74) is -0.109. The van der Waals surface area contributed by atoms with Gasteiger partial charge in [0, 0.05) is 38.3 Å². The van der Waals surface area contributed by atoms with E-state index < -0.39 is 5.60 Å². The number of aromatic hydroxyl groups is 1. The number of phenols is 1. The number of phenolic OH excluding ortho intramolecular Hbond substituents is 1. The van der Waals surface area contributed by atoms with Crippen LogP contribution in [0.5, 0.6) is 5.75 Å². The van der Waals surface area contributed by atoms with Gasteiger partial charge in [0.25, 0.3) is 5.91 Å². The molecule has 0 bridgehead atoms. The van der Waals surface area contributed by atoms with Crippen molar-refractivity contribution in [3.05, 3.63) is 29.8 Å². The van der Waals surface area contributed by atoms with Gasteiger partial charge < -0.3 is 15.1 Å². The van der Waals surface area contributed by atoms with Crippen LogP contribution in [0.1, 0.15) is 24.2 Å². The Labute approximate surface area is 119 Å². The minimum absolute atomic E-state index is 0.00657. The van der Waals surface area contributed by atoms with Gasteiger partial charge in [-0.1, -0.05) is 0 Å². The Balaban J connectivity index is 1.90. The standard InChI is InChI=1S/C15H22N2O3/c1-15(2,20)11-16-7-9-17(10-8-16)14(19)12-3-5-13(18)6-4-12/h3-6,18,20H,7-11H2,1-2H3. The number of hydrogen-bond acceptors (Lipinski definition) is 4. The highest BCUT2D eigenvalue weighted by atomic mass is 16.3. The number of β-amino-alcohol motifs (C(OH)–C–C–N with tert-alkyl or cyclic N) is 1. The van der Waals surface area contributed by atoms with Gasteiger partial charge in [-0.3, -0.25) is 9.69 Å². The second-order valence-corrected chi connectivity index (χ2v) is 5.93. The average Bonchev–Trinajstić information content (AvgIpc) is 2.38. The van der Waals surface area contributed by atoms with Crippen LogP contribution in [0.4, 0.5) is 0 Å². The van der Waals surface area contributed by atoms with E-state index in [0.717, 1.165) is 13.1 Å². The first-order valence-corrected chi connectivity index (χ1v) is 6.88. The van der Waals surface area contributed by atoms with Crippen molar-refractivity contribution in [2.24, 2.45) is 0 Å². The molecule has 0 aromatic heterocycles. The van der Waals surface area contributed by atoms with Gasteiger partial charge >= 0.3 is 0 Å². The van der Waals surface area contributed by atoms with Crippen LogP contribution in [-0.4, -0.2) is 64.2 Å². The van der Waals surface area contributed by atoms with E-state index >= 15 is 0 Å². The fraction of sp³-hybridized carbons (Fsp3) is 0.533. The lowest BCUT2D eigenvalue weighted by molar-refractivity contribution is 0.0178. The molecule has 0 spiro atoms. The fourth-order valence-corrected chi connectivity index (χ4v) is 2.44. The molecule has 1 aromatic carbocycles. The van der Waals surface area contributed by atoms with Crippen molar-refractivity contribution in [1.82, 2.24) is 9.80 Å². The molecule has 110 valence electrons. The molecule has 1 aliphatic rings. The van der Waals surface area contributed by atoms with Gasteiger partial charge in [-0.2, -0.15) is 0 Å². The fourth-order valence-electron chi connectivity index (χ4n) is 2.44. The lowest BCUT2D eigenvalue weighted by Gasteiger charge is -2.37. The van der Waals surface area contributed by atoms with Gasteiger partial charge in [-0.15, -0.1) is 0 Å². The quantitative estimate of drug-likeness (QED) is 0.863. The van der Waals surface area contributed by atoms with Crippen LogP contribution < -0.4 is 0 Å². The Morgan fingerprint density at radius 2 is 1.70 bits per heavy atom. The maximum Gasteiger partial charge on any atom is 0.253 e. The van der Waals surface area contributed by atoms with Crippen LogP contribution in [0, 0.1) is 0 Å². The van der Waals surface area contributed by atoms with Crippen molar-refractivity contribution in [1.29, 1.82) is 0 Å². The highest BCUT2D eigenvalue weighted by molar-refractivity contribution is 5.94. The molecule has 1 aromatic rings. The Bertz CT molecular complexity index is 457. The van der Waals surface area contributed by atoms with Crippen LogP contribution in [0.2, 0.25) is 0 Å². The lowest BCUT2D eigenvalue weighted by Crippen LogP contribution is -2.51. The second kappa shape index (κ2) is 5.81. The molecule has 0 atom stereocenters. The summed E-state index contributed by atoms with van der Waals surface area (Å²) in [7, 11) is 0. The maximum absolute atomic E-state index is 12.3. The van der Waals surface area contributed by atoms with Crippen molar-refractivity contribution < 1.29 is 15.0 Å². The first kappa shape index (κ1) is 14.8. The average molecular weight is 278 g/mol. The normalized spacial score (nSPS) is 17.2. The highest BCUT2D eigenvalue weighted by Gasteiger charge is 2.25. The summed E-state index contributed by atoms with van der Waals surface area (Å²) in [6, 6.07) is 6.33. The predicted molar refractivity (Wildman–Crippen MR) is 76.7 cm³/mol. The highest BCUT2D eigenvalue weighted by Crippen LogP contribution is 2.14. The Morgan fingerprint density at radius 1 is 1.15 bits per heavy atom. The third-order valence-electron chi connectivity index (χ3n) is 3.38. The molecule has 0 aliphatic carbocycles. The Hall–Kier alpha value is -1.59. The molecule has 1 aliphatic heterocycles. The number of rotatable bonds is 3. The molecule has 20 heavy (non-hydrogen) atoms.